The van der Waals surface area contributed by atoms with Gasteiger partial charge in [0.25, 0.3) is 0 Å². The van der Waals surface area contributed by atoms with Crippen molar-refractivity contribution in [1.29, 1.82) is 0 Å². The van der Waals surface area contributed by atoms with Crippen molar-refractivity contribution in [3.63, 3.8) is 0 Å². The number of hydrogen-bond acceptors (Lipinski definition) is 5. The third-order valence-electron chi connectivity index (χ3n) is 4.11. The third-order valence-corrected chi connectivity index (χ3v) is 5.82. The lowest BCUT2D eigenvalue weighted by molar-refractivity contribution is 0.145. The Hall–Kier alpha value is -0.170. The van der Waals surface area contributed by atoms with Crippen LogP contribution >= 0.6 is 0 Å². The van der Waals surface area contributed by atoms with E-state index in [2.05, 4.69) is 17.1 Å². The number of aliphatic hydroxyl groups is 1. The fraction of sp³-hybridized carbons (Fsp3) is 1.00. The van der Waals surface area contributed by atoms with Crippen molar-refractivity contribution in [2.24, 2.45) is 0 Å². The van der Waals surface area contributed by atoms with Gasteiger partial charge < -0.3 is 15.3 Å². The molecule has 2 N–H and O–H groups in total. The Morgan fingerprint density at radius 2 is 2.05 bits per heavy atom. The van der Waals surface area contributed by atoms with Gasteiger partial charge in [0.1, 0.15) is 0 Å². The van der Waals surface area contributed by atoms with Crippen LogP contribution in [0.3, 0.4) is 0 Å². The number of rotatable bonds is 6. The lowest BCUT2D eigenvalue weighted by Crippen LogP contribution is -2.49. The Morgan fingerprint density at radius 1 is 1.32 bits per heavy atom. The van der Waals surface area contributed by atoms with Gasteiger partial charge in [-0.1, -0.05) is 0 Å². The number of aliphatic hydroxyl groups excluding tert-OH is 1. The number of hydrogen-bond donors (Lipinski definition) is 2. The molecule has 0 spiro atoms. The molecule has 2 rings (SSSR count). The smallest absolute Gasteiger partial charge is 0.151 e. The van der Waals surface area contributed by atoms with Crippen molar-refractivity contribution >= 4 is 9.84 Å². The Kier molecular flexibility index (Phi) is 4.87. The van der Waals surface area contributed by atoms with Crippen molar-refractivity contribution in [1.82, 2.24) is 10.2 Å². The zero-order chi connectivity index (χ0) is 13.9. The van der Waals surface area contributed by atoms with E-state index in [1.807, 2.05) is 0 Å². The molecule has 1 unspecified atom stereocenters. The van der Waals surface area contributed by atoms with E-state index in [9.17, 15) is 13.5 Å². The molecule has 19 heavy (non-hydrogen) atoms. The quantitative estimate of drug-likeness (QED) is 0.721. The highest BCUT2D eigenvalue weighted by molar-refractivity contribution is 7.91. The van der Waals surface area contributed by atoms with Crippen LogP contribution in [0.2, 0.25) is 0 Å². The topological polar surface area (TPSA) is 69.6 Å². The van der Waals surface area contributed by atoms with E-state index in [1.165, 1.54) is 12.8 Å². The Bertz CT molecular complexity index is 395. The molecule has 1 aliphatic heterocycles. The van der Waals surface area contributed by atoms with Crippen LogP contribution in [0.15, 0.2) is 0 Å². The predicted molar refractivity (Wildman–Crippen MR) is 76.0 cm³/mol. The molecule has 0 radical (unpaired) electrons. The van der Waals surface area contributed by atoms with Crippen LogP contribution < -0.4 is 5.32 Å². The van der Waals surface area contributed by atoms with Gasteiger partial charge in [-0.25, -0.2) is 8.42 Å². The number of sulfone groups is 1. The van der Waals surface area contributed by atoms with Crippen LogP contribution in [-0.4, -0.2) is 67.8 Å². The van der Waals surface area contributed by atoms with E-state index < -0.39 is 9.84 Å². The summed E-state index contributed by atoms with van der Waals surface area (Å²) in [6.45, 7) is 4.53. The van der Waals surface area contributed by atoms with E-state index in [-0.39, 0.29) is 17.9 Å². The van der Waals surface area contributed by atoms with E-state index in [1.54, 1.807) is 0 Å². The first kappa shape index (κ1) is 15.2. The molecule has 1 atom stereocenters. The molecule has 5 nitrogen and oxygen atoms in total. The van der Waals surface area contributed by atoms with Gasteiger partial charge in [0.15, 0.2) is 9.84 Å². The lowest BCUT2D eigenvalue weighted by atomic mass is 9.98. The molecule has 0 amide bonds. The Balaban J connectivity index is 1.79. The van der Waals surface area contributed by atoms with Crippen LogP contribution in [0.1, 0.15) is 32.6 Å². The van der Waals surface area contributed by atoms with E-state index >= 15 is 0 Å². The van der Waals surface area contributed by atoms with Gasteiger partial charge >= 0.3 is 0 Å². The Labute approximate surface area is 116 Å². The maximum atomic E-state index is 11.5. The van der Waals surface area contributed by atoms with Crippen molar-refractivity contribution in [2.45, 2.75) is 44.2 Å². The summed E-state index contributed by atoms with van der Waals surface area (Å²) in [6.07, 6.45) is 4.00. The van der Waals surface area contributed by atoms with Crippen LogP contribution in [-0.2, 0) is 9.84 Å². The summed E-state index contributed by atoms with van der Waals surface area (Å²) in [4.78, 5) is 2.22. The molecule has 1 saturated heterocycles. The van der Waals surface area contributed by atoms with E-state index in [0.29, 0.717) is 18.3 Å². The molecular weight excluding hydrogens is 264 g/mol. The maximum absolute atomic E-state index is 11.5. The minimum Gasteiger partial charge on any atom is -0.394 e. The second-order valence-corrected chi connectivity index (χ2v) is 8.54. The minimum atomic E-state index is -2.83. The first-order valence-corrected chi connectivity index (χ1v) is 9.06. The number of nitrogens with one attached hydrogen (secondary N) is 1. The van der Waals surface area contributed by atoms with Gasteiger partial charge in [0.05, 0.1) is 18.1 Å². The molecule has 0 aromatic heterocycles. The van der Waals surface area contributed by atoms with Gasteiger partial charge in [-0.15, -0.1) is 0 Å². The molecule has 0 aromatic rings. The Morgan fingerprint density at radius 3 is 2.68 bits per heavy atom. The third kappa shape index (κ3) is 5.02. The predicted octanol–water partition coefficient (Wildman–Crippen LogP) is 0.00000000000000111. The fourth-order valence-electron chi connectivity index (χ4n) is 2.54. The van der Waals surface area contributed by atoms with Crippen LogP contribution in [0, 0.1) is 0 Å². The van der Waals surface area contributed by atoms with E-state index in [0.717, 1.165) is 25.9 Å². The second-order valence-electron chi connectivity index (χ2n) is 6.23. The van der Waals surface area contributed by atoms with Crippen molar-refractivity contribution in [3.8, 4) is 0 Å². The summed E-state index contributed by atoms with van der Waals surface area (Å²) in [6, 6.07) is 0.571. The molecule has 6 heteroatoms. The summed E-state index contributed by atoms with van der Waals surface area (Å²) >= 11 is 0. The van der Waals surface area contributed by atoms with E-state index in [4.69, 9.17) is 0 Å². The van der Waals surface area contributed by atoms with Crippen LogP contribution in [0.25, 0.3) is 0 Å². The average molecular weight is 290 g/mol. The molecule has 1 aliphatic carbocycles. The fourth-order valence-corrected chi connectivity index (χ4v) is 3.85. The second kappa shape index (κ2) is 6.08. The minimum absolute atomic E-state index is 0.135. The lowest BCUT2D eigenvalue weighted by Gasteiger charge is -2.31. The van der Waals surface area contributed by atoms with Gasteiger partial charge in [0.2, 0.25) is 0 Å². The van der Waals surface area contributed by atoms with Crippen LogP contribution in [0.4, 0.5) is 0 Å². The standard InChI is InChI=1S/C13H26N2O3S/c1-13(11-16,14-12-3-4-12)5-7-15-6-2-9-19(17,18)10-8-15/h12,14,16H,2-11H2,1H3. The largest absolute Gasteiger partial charge is 0.394 e. The molecule has 1 heterocycles. The summed E-state index contributed by atoms with van der Waals surface area (Å²) in [7, 11) is -2.83. The molecule has 2 aliphatic rings. The normalized spacial score (nSPS) is 27.7. The van der Waals surface area contributed by atoms with Crippen molar-refractivity contribution < 1.29 is 13.5 Å². The van der Waals surface area contributed by atoms with Gasteiger partial charge in [-0.2, -0.15) is 0 Å². The molecule has 0 bridgehead atoms. The first-order valence-electron chi connectivity index (χ1n) is 7.24. The monoisotopic (exact) mass is 290 g/mol. The zero-order valence-corrected chi connectivity index (χ0v) is 12.6. The maximum Gasteiger partial charge on any atom is 0.151 e. The molecule has 2 fully saturated rings. The summed E-state index contributed by atoms with van der Waals surface area (Å²) in [5.41, 5.74) is -0.230. The molecular formula is C13H26N2O3S. The molecule has 0 aromatic carbocycles. The highest BCUT2D eigenvalue weighted by Gasteiger charge is 2.32. The van der Waals surface area contributed by atoms with Gasteiger partial charge in [0, 0.05) is 18.1 Å². The summed E-state index contributed by atoms with van der Waals surface area (Å²) < 4.78 is 23.1. The van der Waals surface area contributed by atoms with Crippen molar-refractivity contribution in [3.05, 3.63) is 0 Å². The first-order chi connectivity index (χ1) is 8.92. The average Bonchev–Trinajstić information content (AvgIpc) is 3.16. The highest BCUT2D eigenvalue weighted by atomic mass is 32.2. The molecule has 1 saturated carbocycles. The van der Waals surface area contributed by atoms with Gasteiger partial charge in [-0.05, 0) is 45.7 Å². The van der Waals surface area contributed by atoms with Gasteiger partial charge in [-0.3, -0.25) is 0 Å². The zero-order valence-electron chi connectivity index (χ0n) is 11.8. The van der Waals surface area contributed by atoms with Crippen molar-refractivity contribution in [2.75, 3.05) is 37.7 Å². The SMILES string of the molecule is CC(CO)(CCN1CCCS(=O)(=O)CC1)NC1CC1. The highest BCUT2D eigenvalue weighted by Crippen LogP contribution is 2.24. The van der Waals surface area contributed by atoms with Crippen LogP contribution in [0.5, 0.6) is 0 Å². The summed E-state index contributed by atoms with van der Waals surface area (Å²) in [5, 5.41) is 13.0. The number of nitrogens with zero attached hydrogens (tertiary/aromatic N) is 1. The summed E-state index contributed by atoms with van der Waals surface area (Å²) in [5.74, 6) is 0.597. The molecule has 112 valence electrons.